The van der Waals surface area contributed by atoms with Crippen molar-refractivity contribution in [3.8, 4) is 0 Å². The van der Waals surface area contributed by atoms with Crippen molar-refractivity contribution in [3.05, 3.63) is 34.3 Å². The maximum absolute atomic E-state index is 12.2. The van der Waals surface area contributed by atoms with E-state index in [4.69, 9.17) is 0 Å². The van der Waals surface area contributed by atoms with Gasteiger partial charge in [0.1, 0.15) is 0 Å². The van der Waals surface area contributed by atoms with Gasteiger partial charge in [-0.1, -0.05) is 41.4 Å². The maximum Gasteiger partial charge on any atom is 0.166 e. The first-order chi connectivity index (χ1) is 7.18. The van der Waals surface area contributed by atoms with Crippen LogP contribution in [0.2, 0.25) is 0 Å². The summed E-state index contributed by atoms with van der Waals surface area (Å²) in [5, 5.41) is 0. The largest absolute Gasteiger partial charge is 0.294 e. The van der Waals surface area contributed by atoms with Gasteiger partial charge in [0.2, 0.25) is 0 Å². The summed E-state index contributed by atoms with van der Waals surface area (Å²) < 4.78 is 1.03. The molecule has 1 fully saturated rings. The first kappa shape index (κ1) is 10.9. The topological polar surface area (TPSA) is 17.1 Å². The molecule has 0 aliphatic heterocycles. The highest BCUT2D eigenvalue weighted by Gasteiger charge is 2.29. The third-order valence-electron chi connectivity index (χ3n) is 3.33. The number of benzene rings is 1. The van der Waals surface area contributed by atoms with E-state index in [9.17, 15) is 4.79 Å². The summed E-state index contributed by atoms with van der Waals surface area (Å²) in [7, 11) is 0. The fourth-order valence-corrected chi connectivity index (χ4v) is 2.63. The zero-order chi connectivity index (χ0) is 10.8. The Labute approximate surface area is 99.0 Å². The number of ketones is 1. The fourth-order valence-electron chi connectivity index (χ4n) is 2.36. The monoisotopic (exact) mass is 266 g/mol. The standard InChI is InChI=1S/C13H15BrO/c1-9-3-2-4-12(9)13(15)10-5-7-11(14)8-6-10/h5-9,12H,2-4H2,1H3/t9-,12-/m1/s1. The number of carbonyl (C=O) groups excluding carboxylic acids is 1. The van der Waals surface area contributed by atoms with Crippen LogP contribution in [0.25, 0.3) is 0 Å². The van der Waals surface area contributed by atoms with Crippen molar-refractivity contribution in [2.75, 3.05) is 0 Å². The lowest BCUT2D eigenvalue weighted by Crippen LogP contribution is -2.16. The van der Waals surface area contributed by atoms with Gasteiger partial charge in [-0.3, -0.25) is 4.79 Å². The Morgan fingerprint density at radius 1 is 1.27 bits per heavy atom. The molecule has 0 saturated heterocycles. The van der Waals surface area contributed by atoms with Crippen LogP contribution in [0.5, 0.6) is 0 Å². The van der Waals surface area contributed by atoms with Crippen LogP contribution in [0.1, 0.15) is 36.5 Å². The summed E-state index contributed by atoms with van der Waals surface area (Å²) in [6, 6.07) is 7.70. The molecular weight excluding hydrogens is 252 g/mol. The van der Waals surface area contributed by atoms with Crippen molar-refractivity contribution in [2.45, 2.75) is 26.2 Å². The lowest BCUT2D eigenvalue weighted by molar-refractivity contribution is 0.0897. The molecule has 0 unspecified atom stereocenters. The molecule has 1 aromatic rings. The summed E-state index contributed by atoms with van der Waals surface area (Å²) in [6.07, 6.45) is 3.47. The first-order valence-electron chi connectivity index (χ1n) is 5.48. The molecule has 0 radical (unpaired) electrons. The van der Waals surface area contributed by atoms with E-state index in [1.165, 1.54) is 12.8 Å². The van der Waals surface area contributed by atoms with E-state index in [0.717, 1.165) is 16.5 Å². The molecule has 0 amide bonds. The van der Waals surface area contributed by atoms with E-state index in [-0.39, 0.29) is 5.92 Å². The summed E-state index contributed by atoms with van der Waals surface area (Å²) in [4.78, 5) is 12.2. The number of rotatable bonds is 2. The predicted molar refractivity (Wildman–Crippen MR) is 65.0 cm³/mol. The van der Waals surface area contributed by atoms with Crippen LogP contribution >= 0.6 is 15.9 Å². The molecule has 1 nitrogen and oxygen atoms in total. The van der Waals surface area contributed by atoms with Gasteiger partial charge in [0.25, 0.3) is 0 Å². The minimum absolute atomic E-state index is 0.256. The van der Waals surface area contributed by atoms with Gasteiger partial charge < -0.3 is 0 Å². The molecule has 0 spiro atoms. The van der Waals surface area contributed by atoms with Crippen molar-refractivity contribution in [1.82, 2.24) is 0 Å². The van der Waals surface area contributed by atoms with Crippen LogP contribution in [0.15, 0.2) is 28.7 Å². The number of Topliss-reactive ketones (excluding diaryl/α,β-unsaturated/α-hetero) is 1. The third-order valence-corrected chi connectivity index (χ3v) is 3.86. The quantitative estimate of drug-likeness (QED) is 0.738. The van der Waals surface area contributed by atoms with Crippen LogP contribution in [-0.4, -0.2) is 5.78 Å². The molecule has 2 rings (SSSR count). The first-order valence-corrected chi connectivity index (χ1v) is 6.27. The number of halogens is 1. The Kier molecular flexibility index (Phi) is 3.25. The fraction of sp³-hybridized carbons (Fsp3) is 0.462. The van der Waals surface area contributed by atoms with Crippen LogP contribution < -0.4 is 0 Å². The normalized spacial score (nSPS) is 25.5. The van der Waals surface area contributed by atoms with E-state index in [1.807, 2.05) is 24.3 Å². The molecular formula is C13H15BrO. The minimum atomic E-state index is 0.256. The highest BCUT2D eigenvalue weighted by molar-refractivity contribution is 9.10. The van der Waals surface area contributed by atoms with Crippen molar-refractivity contribution < 1.29 is 4.79 Å². The van der Waals surface area contributed by atoms with Gasteiger partial charge in [-0.15, -0.1) is 0 Å². The van der Waals surface area contributed by atoms with E-state index in [2.05, 4.69) is 22.9 Å². The van der Waals surface area contributed by atoms with Gasteiger partial charge in [-0.05, 0) is 30.9 Å². The molecule has 0 N–H and O–H groups in total. The van der Waals surface area contributed by atoms with E-state index < -0.39 is 0 Å². The summed E-state index contributed by atoms with van der Waals surface area (Å²) in [6.45, 7) is 2.19. The van der Waals surface area contributed by atoms with Gasteiger partial charge >= 0.3 is 0 Å². The molecule has 1 aliphatic carbocycles. The third kappa shape index (κ3) is 2.31. The predicted octanol–water partition coefficient (Wildman–Crippen LogP) is 4.07. The SMILES string of the molecule is C[C@@H]1CCC[C@H]1C(=O)c1ccc(Br)cc1. The molecule has 1 saturated carbocycles. The molecule has 0 aromatic heterocycles. The van der Waals surface area contributed by atoms with Crippen LogP contribution in [0.4, 0.5) is 0 Å². The van der Waals surface area contributed by atoms with Gasteiger partial charge in [-0.25, -0.2) is 0 Å². The highest BCUT2D eigenvalue weighted by Crippen LogP contribution is 2.33. The van der Waals surface area contributed by atoms with Gasteiger partial charge in [0, 0.05) is 16.0 Å². The van der Waals surface area contributed by atoms with Crippen LogP contribution in [-0.2, 0) is 0 Å². The molecule has 2 atom stereocenters. The number of hydrogen-bond donors (Lipinski definition) is 0. The molecule has 2 heteroatoms. The van der Waals surface area contributed by atoms with Gasteiger partial charge in [-0.2, -0.15) is 0 Å². The average Bonchev–Trinajstić information content (AvgIpc) is 2.65. The molecule has 1 aliphatic rings. The molecule has 1 aromatic carbocycles. The van der Waals surface area contributed by atoms with Crippen LogP contribution in [0, 0.1) is 11.8 Å². The van der Waals surface area contributed by atoms with Crippen molar-refractivity contribution in [3.63, 3.8) is 0 Å². The van der Waals surface area contributed by atoms with Crippen LogP contribution in [0.3, 0.4) is 0 Å². The second-order valence-electron chi connectivity index (χ2n) is 4.39. The van der Waals surface area contributed by atoms with E-state index in [0.29, 0.717) is 11.7 Å². The molecule has 15 heavy (non-hydrogen) atoms. The zero-order valence-electron chi connectivity index (χ0n) is 8.87. The zero-order valence-corrected chi connectivity index (χ0v) is 10.5. The Hall–Kier alpha value is -0.630. The summed E-state index contributed by atoms with van der Waals surface area (Å²) in [5.41, 5.74) is 0.858. The number of hydrogen-bond acceptors (Lipinski definition) is 1. The molecule has 0 heterocycles. The molecule has 80 valence electrons. The Balaban J connectivity index is 2.17. The van der Waals surface area contributed by atoms with Crippen molar-refractivity contribution >= 4 is 21.7 Å². The van der Waals surface area contributed by atoms with E-state index >= 15 is 0 Å². The lowest BCUT2D eigenvalue weighted by atomic mass is 9.90. The minimum Gasteiger partial charge on any atom is -0.294 e. The Morgan fingerprint density at radius 2 is 1.93 bits per heavy atom. The van der Waals surface area contributed by atoms with Gasteiger partial charge in [0.05, 0.1) is 0 Å². The highest BCUT2D eigenvalue weighted by atomic mass is 79.9. The summed E-state index contributed by atoms with van der Waals surface area (Å²) >= 11 is 3.38. The Bertz CT molecular complexity index is 355. The second-order valence-corrected chi connectivity index (χ2v) is 5.30. The second kappa shape index (κ2) is 4.48. The van der Waals surface area contributed by atoms with Crippen molar-refractivity contribution in [2.24, 2.45) is 11.8 Å². The number of carbonyl (C=O) groups is 1. The summed E-state index contributed by atoms with van der Waals surface area (Å²) in [5.74, 6) is 1.14. The average molecular weight is 267 g/mol. The smallest absolute Gasteiger partial charge is 0.166 e. The lowest BCUT2D eigenvalue weighted by Gasteiger charge is -2.13. The Morgan fingerprint density at radius 3 is 2.47 bits per heavy atom. The maximum atomic E-state index is 12.2. The van der Waals surface area contributed by atoms with E-state index in [1.54, 1.807) is 0 Å². The van der Waals surface area contributed by atoms with Gasteiger partial charge in [0.15, 0.2) is 5.78 Å². The molecule has 0 bridgehead atoms. The van der Waals surface area contributed by atoms with Crippen molar-refractivity contribution in [1.29, 1.82) is 0 Å².